The first-order valence-electron chi connectivity index (χ1n) is 8.08. The van der Waals surface area contributed by atoms with Crippen LogP contribution in [0.2, 0.25) is 0 Å². The molecule has 0 saturated carbocycles. The molecule has 0 aromatic heterocycles. The SMILES string of the molecule is CCC1CC2(CC([C@H](O)c3ccccc3)N1C(=O)O)OCCO2. The Kier molecular flexibility index (Phi) is 4.57. The van der Waals surface area contributed by atoms with E-state index in [9.17, 15) is 15.0 Å². The van der Waals surface area contributed by atoms with Gasteiger partial charge in [-0.3, -0.25) is 4.90 Å². The van der Waals surface area contributed by atoms with Gasteiger partial charge in [0.15, 0.2) is 5.79 Å². The molecule has 1 aromatic carbocycles. The molecule has 2 heterocycles. The van der Waals surface area contributed by atoms with Crippen molar-refractivity contribution in [1.82, 2.24) is 4.90 Å². The van der Waals surface area contributed by atoms with Crippen LogP contribution in [-0.4, -0.2) is 52.3 Å². The lowest BCUT2D eigenvalue weighted by Gasteiger charge is -2.48. The van der Waals surface area contributed by atoms with Crippen molar-refractivity contribution >= 4 is 6.09 Å². The lowest BCUT2D eigenvalue weighted by Crippen LogP contribution is -2.59. The summed E-state index contributed by atoms with van der Waals surface area (Å²) in [5.74, 6) is -0.771. The fraction of sp³-hybridized carbons (Fsp3) is 0.588. The number of nitrogens with zero attached hydrogens (tertiary/aromatic N) is 1. The summed E-state index contributed by atoms with van der Waals surface area (Å²) in [4.78, 5) is 13.2. The first-order chi connectivity index (χ1) is 11.1. The second kappa shape index (κ2) is 6.47. The molecule has 1 spiro atoms. The summed E-state index contributed by atoms with van der Waals surface area (Å²) in [5, 5.41) is 20.5. The smallest absolute Gasteiger partial charge is 0.407 e. The lowest BCUT2D eigenvalue weighted by atomic mass is 9.84. The van der Waals surface area contributed by atoms with Gasteiger partial charge in [-0.25, -0.2) is 4.79 Å². The Hall–Kier alpha value is -1.63. The molecule has 2 unspecified atom stereocenters. The van der Waals surface area contributed by atoms with Gasteiger partial charge >= 0.3 is 6.09 Å². The van der Waals surface area contributed by atoms with Crippen molar-refractivity contribution in [3.63, 3.8) is 0 Å². The Labute approximate surface area is 135 Å². The van der Waals surface area contributed by atoms with E-state index in [2.05, 4.69) is 0 Å². The quantitative estimate of drug-likeness (QED) is 0.893. The molecule has 2 saturated heterocycles. The Morgan fingerprint density at radius 1 is 1.30 bits per heavy atom. The summed E-state index contributed by atoms with van der Waals surface area (Å²) in [6.07, 6.45) is -0.422. The minimum atomic E-state index is -1.01. The van der Waals surface area contributed by atoms with Gasteiger partial charge in [-0.1, -0.05) is 37.3 Å². The molecule has 6 heteroatoms. The van der Waals surface area contributed by atoms with Crippen LogP contribution < -0.4 is 0 Å². The summed E-state index contributed by atoms with van der Waals surface area (Å²) in [6.45, 7) is 2.97. The molecule has 0 bridgehead atoms. The van der Waals surface area contributed by atoms with Gasteiger partial charge in [0.05, 0.1) is 25.4 Å². The third-order valence-corrected chi connectivity index (χ3v) is 4.83. The summed E-state index contributed by atoms with van der Waals surface area (Å²) < 4.78 is 11.6. The van der Waals surface area contributed by atoms with Crippen LogP contribution in [-0.2, 0) is 9.47 Å². The van der Waals surface area contributed by atoms with Crippen molar-refractivity contribution in [1.29, 1.82) is 0 Å². The number of piperidine rings is 1. The largest absolute Gasteiger partial charge is 0.465 e. The van der Waals surface area contributed by atoms with E-state index >= 15 is 0 Å². The molecule has 23 heavy (non-hydrogen) atoms. The van der Waals surface area contributed by atoms with Crippen molar-refractivity contribution in [3.8, 4) is 0 Å². The van der Waals surface area contributed by atoms with E-state index in [0.29, 0.717) is 38.0 Å². The number of amides is 1. The first kappa shape index (κ1) is 16.2. The van der Waals surface area contributed by atoms with E-state index in [0.717, 1.165) is 0 Å². The first-order valence-corrected chi connectivity index (χ1v) is 8.08. The van der Waals surface area contributed by atoms with Gasteiger partial charge in [0.2, 0.25) is 0 Å². The topological polar surface area (TPSA) is 79.2 Å². The van der Waals surface area contributed by atoms with Gasteiger partial charge in [-0.05, 0) is 12.0 Å². The van der Waals surface area contributed by atoms with Crippen molar-refractivity contribution in [2.24, 2.45) is 0 Å². The van der Waals surface area contributed by atoms with E-state index in [1.165, 1.54) is 4.90 Å². The number of likely N-dealkylation sites (tertiary alicyclic amines) is 1. The van der Waals surface area contributed by atoms with Crippen molar-refractivity contribution in [2.75, 3.05) is 13.2 Å². The zero-order valence-corrected chi connectivity index (χ0v) is 13.2. The predicted octanol–water partition coefficient (Wildman–Crippen LogP) is 2.38. The molecule has 126 valence electrons. The number of aliphatic hydroxyl groups is 1. The van der Waals surface area contributed by atoms with E-state index in [-0.39, 0.29) is 6.04 Å². The standard InChI is InChI=1S/C17H23NO5/c1-2-13-10-17(22-8-9-23-17)11-14(18(13)16(20)21)15(19)12-6-4-3-5-7-12/h3-7,13-15,19H,2,8-11H2,1H3,(H,20,21)/t13?,14?,15-/m1/s1. The number of carboxylic acid groups (broad SMARTS) is 1. The van der Waals surface area contributed by atoms with Crippen LogP contribution in [0.25, 0.3) is 0 Å². The van der Waals surface area contributed by atoms with Crippen molar-refractivity contribution < 1.29 is 24.5 Å². The Morgan fingerprint density at radius 2 is 1.96 bits per heavy atom. The van der Waals surface area contributed by atoms with E-state index in [4.69, 9.17) is 9.47 Å². The number of hydrogen-bond acceptors (Lipinski definition) is 4. The number of carbonyl (C=O) groups is 1. The molecule has 3 atom stereocenters. The summed E-state index contributed by atoms with van der Waals surface area (Å²) in [6, 6.07) is 8.33. The zero-order chi connectivity index (χ0) is 16.4. The average molecular weight is 321 g/mol. The van der Waals surface area contributed by atoms with Gasteiger partial charge in [-0.2, -0.15) is 0 Å². The van der Waals surface area contributed by atoms with Gasteiger partial charge in [0, 0.05) is 18.9 Å². The molecule has 2 N–H and O–H groups in total. The van der Waals surface area contributed by atoms with Crippen LogP contribution in [0.15, 0.2) is 30.3 Å². The highest BCUT2D eigenvalue weighted by molar-refractivity contribution is 5.66. The van der Waals surface area contributed by atoms with Gasteiger partial charge < -0.3 is 19.7 Å². The van der Waals surface area contributed by atoms with E-state index in [1.54, 1.807) is 0 Å². The van der Waals surface area contributed by atoms with Crippen molar-refractivity contribution in [2.45, 2.75) is 50.2 Å². The fourth-order valence-electron chi connectivity index (χ4n) is 3.74. The van der Waals surface area contributed by atoms with Crippen molar-refractivity contribution in [3.05, 3.63) is 35.9 Å². The molecule has 6 nitrogen and oxygen atoms in total. The third-order valence-electron chi connectivity index (χ3n) is 4.83. The molecular formula is C17H23NO5. The van der Waals surface area contributed by atoms with Gasteiger partial charge in [0.25, 0.3) is 0 Å². The minimum Gasteiger partial charge on any atom is -0.465 e. The number of rotatable bonds is 3. The van der Waals surface area contributed by atoms with E-state index in [1.807, 2.05) is 37.3 Å². The van der Waals surface area contributed by atoms with Crippen LogP contribution in [0, 0.1) is 0 Å². The van der Waals surface area contributed by atoms with Crippen LogP contribution in [0.4, 0.5) is 4.79 Å². The number of hydrogen-bond donors (Lipinski definition) is 2. The maximum Gasteiger partial charge on any atom is 0.407 e. The number of aliphatic hydroxyl groups excluding tert-OH is 1. The normalized spacial score (nSPS) is 28.0. The highest BCUT2D eigenvalue weighted by Crippen LogP contribution is 2.42. The molecule has 1 aromatic rings. The molecule has 0 aliphatic carbocycles. The minimum absolute atomic E-state index is 0.234. The van der Waals surface area contributed by atoms with E-state index < -0.39 is 24.0 Å². The van der Waals surface area contributed by atoms with Gasteiger partial charge in [-0.15, -0.1) is 0 Å². The molecular weight excluding hydrogens is 298 g/mol. The third kappa shape index (κ3) is 3.06. The second-order valence-electron chi connectivity index (χ2n) is 6.19. The van der Waals surface area contributed by atoms with Crippen LogP contribution in [0.5, 0.6) is 0 Å². The molecule has 2 aliphatic heterocycles. The summed E-state index contributed by atoms with van der Waals surface area (Å²) in [7, 11) is 0. The zero-order valence-electron chi connectivity index (χ0n) is 13.2. The summed E-state index contributed by atoms with van der Waals surface area (Å²) in [5.41, 5.74) is 0.702. The highest BCUT2D eigenvalue weighted by atomic mass is 16.7. The maximum absolute atomic E-state index is 11.8. The predicted molar refractivity (Wildman–Crippen MR) is 83.0 cm³/mol. The Morgan fingerprint density at radius 3 is 2.52 bits per heavy atom. The van der Waals surface area contributed by atoms with Crippen LogP contribution >= 0.6 is 0 Å². The number of ether oxygens (including phenoxy) is 2. The molecule has 1 amide bonds. The van der Waals surface area contributed by atoms with Crippen LogP contribution in [0.3, 0.4) is 0 Å². The lowest BCUT2D eigenvalue weighted by molar-refractivity contribution is -0.213. The molecule has 2 aliphatic rings. The second-order valence-corrected chi connectivity index (χ2v) is 6.19. The van der Waals surface area contributed by atoms with Crippen LogP contribution in [0.1, 0.15) is 37.9 Å². The fourth-order valence-corrected chi connectivity index (χ4v) is 3.74. The number of benzene rings is 1. The molecule has 2 fully saturated rings. The highest BCUT2D eigenvalue weighted by Gasteiger charge is 2.51. The monoisotopic (exact) mass is 321 g/mol. The van der Waals surface area contributed by atoms with Gasteiger partial charge in [0.1, 0.15) is 0 Å². The summed E-state index contributed by atoms with van der Waals surface area (Å²) >= 11 is 0. The Bertz CT molecular complexity index is 543. The Balaban J connectivity index is 1.93. The molecule has 3 rings (SSSR count). The average Bonchev–Trinajstić information content (AvgIpc) is 3.01. The molecule has 0 radical (unpaired) electrons. The maximum atomic E-state index is 11.8.